The number of nitrogens with one attached hydrogen (secondary N) is 1. The van der Waals surface area contributed by atoms with Gasteiger partial charge in [0.05, 0.1) is 5.75 Å². The maximum atomic E-state index is 12.0. The lowest BCUT2D eigenvalue weighted by Gasteiger charge is -2.16. The van der Waals surface area contributed by atoms with Gasteiger partial charge in [-0.2, -0.15) is 0 Å². The molecule has 0 fully saturated rings. The quantitative estimate of drug-likeness (QED) is 0.802. The minimum absolute atomic E-state index is 0.00874. The highest BCUT2D eigenvalue weighted by molar-refractivity contribution is 7.88. The lowest BCUT2D eigenvalue weighted by molar-refractivity contribution is 0.414. The van der Waals surface area contributed by atoms with E-state index >= 15 is 0 Å². The smallest absolute Gasteiger partial charge is 0.215 e. The first-order chi connectivity index (χ1) is 8.85. The van der Waals surface area contributed by atoms with Crippen LogP contribution >= 0.6 is 0 Å². The minimum atomic E-state index is -3.30. The Morgan fingerprint density at radius 1 is 1.16 bits per heavy atom. The highest BCUT2D eigenvalue weighted by Crippen LogP contribution is 2.13. The minimum Gasteiger partial charge on any atom is -0.326 e. The topological polar surface area (TPSA) is 72.2 Å². The summed E-state index contributed by atoms with van der Waals surface area (Å²) in [6.07, 6.45) is 0. The predicted octanol–water partition coefficient (Wildman–Crippen LogP) is 1.86. The zero-order valence-corrected chi connectivity index (χ0v) is 12.7. The molecule has 5 heteroatoms. The molecular formula is C14H24N2O2S. The van der Waals surface area contributed by atoms with Gasteiger partial charge in [0, 0.05) is 13.1 Å². The van der Waals surface area contributed by atoms with Gasteiger partial charge in [0.15, 0.2) is 0 Å². The second-order valence-corrected chi connectivity index (χ2v) is 7.11. The standard InChI is InChI=1S/C14H24N2O2S/c1-11(2)12(3)9-16-19(17,18)10-14-7-5-4-6-13(14)8-15/h4-7,11-12,16H,8-10,15H2,1-3H3. The van der Waals surface area contributed by atoms with E-state index in [0.717, 1.165) is 11.1 Å². The predicted molar refractivity (Wildman–Crippen MR) is 79.0 cm³/mol. The van der Waals surface area contributed by atoms with E-state index in [1.807, 2.05) is 31.2 Å². The van der Waals surface area contributed by atoms with Gasteiger partial charge in [-0.1, -0.05) is 45.0 Å². The number of hydrogen-bond donors (Lipinski definition) is 2. The zero-order chi connectivity index (χ0) is 14.5. The van der Waals surface area contributed by atoms with Crippen LogP contribution in [0.25, 0.3) is 0 Å². The first kappa shape index (κ1) is 16.1. The number of hydrogen-bond acceptors (Lipinski definition) is 3. The van der Waals surface area contributed by atoms with Crippen molar-refractivity contribution in [2.75, 3.05) is 6.54 Å². The van der Waals surface area contributed by atoms with Crippen LogP contribution < -0.4 is 10.5 Å². The van der Waals surface area contributed by atoms with Crippen LogP contribution in [-0.2, 0) is 22.3 Å². The molecule has 0 amide bonds. The van der Waals surface area contributed by atoms with E-state index in [1.165, 1.54) is 0 Å². The van der Waals surface area contributed by atoms with E-state index in [4.69, 9.17) is 5.73 Å². The molecule has 0 aliphatic rings. The molecule has 1 rings (SSSR count). The summed E-state index contributed by atoms with van der Waals surface area (Å²) in [5, 5.41) is 0. The first-order valence-electron chi connectivity index (χ1n) is 6.60. The molecule has 0 bridgehead atoms. The van der Waals surface area contributed by atoms with Crippen LogP contribution in [0, 0.1) is 11.8 Å². The van der Waals surface area contributed by atoms with Crippen molar-refractivity contribution >= 4 is 10.0 Å². The molecule has 0 aromatic heterocycles. The fourth-order valence-electron chi connectivity index (χ4n) is 1.65. The first-order valence-corrected chi connectivity index (χ1v) is 8.25. The van der Waals surface area contributed by atoms with Crippen LogP contribution in [0.3, 0.4) is 0 Å². The van der Waals surface area contributed by atoms with E-state index in [9.17, 15) is 8.42 Å². The Balaban J connectivity index is 2.69. The summed E-state index contributed by atoms with van der Waals surface area (Å²) >= 11 is 0. The van der Waals surface area contributed by atoms with E-state index in [2.05, 4.69) is 18.6 Å². The van der Waals surface area contributed by atoms with Gasteiger partial charge in [0.25, 0.3) is 0 Å². The summed E-state index contributed by atoms with van der Waals surface area (Å²) in [7, 11) is -3.30. The number of nitrogens with two attached hydrogens (primary N) is 1. The zero-order valence-electron chi connectivity index (χ0n) is 11.9. The Labute approximate surface area is 116 Å². The Kier molecular flexibility index (Phi) is 5.97. The molecule has 1 unspecified atom stereocenters. The Morgan fingerprint density at radius 2 is 1.74 bits per heavy atom. The summed E-state index contributed by atoms with van der Waals surface area (Å²) in [6.45, 7) is 7.05. The third-order valence-electron chi connectivity index (χ3n) is 3.45. The molecule has 0 saturated carbocycles. The van der Waals surface area contributed by atoms with Crippen LogP contribution in [0.2, 0.25) is 0 Å². The Hall–Kier alpha value is -0.910. The molecule has 0 heterocycles. The molecule has 1 aromatic carbocycles. The third-order valence-corrected chi connectivity index (χ3v) is 4.74. The molecule has 108 valence electrons. The fourth-order valence-corrected chi connectivity index (χ4v) is 2.96. The van der Waals surface area contributed by atoms with Crippen LogP contribution in [0.15, 0.2) is 24.3 Å². The second kappa shape index (κ2) is 7.03. The normalized spacial score (nSPS) is 13.7. The second-order valence-electron chi connectivity index (χ2n) is 5.30. The molecule has 3 N–H and O–H groups in total. The molecular weight excluding hydrogens is 260 g/mol. The average molecular weight is 284 g/mol. The van der Waals surface area contributed by atoms with Crippen molar-refractivity contribution in [3.05, 3.63) is 35.4 Å². The van der Waals surface area contributed by atoms with E-state index < -0.39 is 10.0 Å². The van der Waals surface area contributed by atoms with Crippen molar-refractivity contribution < 1.29 is 8.42 Å². The van der Waals surface area contributed by atoms with Crippen LogP contribution in [0.4, 0.5) is 0 Å². The highest BCUT2D eigenvalue weighted by atomic mass is 32.2. The Morgan fingerprint density at radius 3 is 2.26 bits per heavy atom. The summed E-state index contributed by atoms with van der Waals surface area (Å²) in [6, 6.07) is 7.38. The third kappa shape index (κ3) is 5.30. The number of sulfonamides is 1. The molecule has 1 atom stereocenters. The lowest BCUT2D eigenvalue weighted by atomic mass is 9.99. The molecule has 0 spiro atoms. The molecule has 19 heavy (non-hydrogen) atoms. The fraction of sp³-hybridized carbons (Fsp3) is 0.571. The van der Waals surface area contributed by atoms with Gasteiger partial charge in [-0.15, -0.1) is 0 Å². The number of benzene rings is 1. The van der Waals surface area contributed by atoms with Gasteiger partial charge in [-0.25, -0.2) is 13.1 Å². The molecule has 4 nitrogen and oxygen atoms in total. The van der Waals surface area contributed by atoms with Gasteiger partial charge in [-0.05, 0) is 23.0 Å². The molecule has 0 saturated heterocycles. The summed E-state index contributed by atoms with van der Waals surface area (Å²) in [5.74, 6) is 0.768. The highest BCUT2D eigenvalue weighted by Gasteiger charge is 2.16. The van der Waals surface area contributed by atoms with Crippen LogP contribution in [0.1, 0.15) is 31.9 Å². The van der Waals surface area contributed by atoms with Crippen molar-refractivity contribution in [3.8, 4) is 0 Å². The molecule has 0 radical (unpaired) electrons. The summed E-state index contributed by atoms with van der Waals surface area (Å²) in [4.78, 5) is 0. The monoisotopic (exact) mass is 284 g/mol. The maximum Gasteiger partial charge on any atom is 0.215 e. The van der Waals surface area contributed by atoms with Gasteiger partial charge in [0.2, 0.25) is 10.0 Å². The molecule has 0 aliphatic heterocycles. The van der Waals surface area contributed by atoms with Gasteiger partial charge >= 0.3 is 0 Å². The van der Waals surface area contributed by atoms with Gasteiger partial charge < -0.3 is 5.73 Å². The summed E-state index contributed by atoms with van der Waals surface area (Å²) < 4.78 is 26.8. The van der Waals surface area contributed by atoms with E-state index in [0.29, 0.717) is 24.9 Å². The van der Waals surface area contributed by atoms with Crippen LogP contribution in [0.5, 0.6) is 0 Å². The molecule has 1 aromatic rings. The van der Waals surface area contributed by atoms with Crippen molar-refractivity contribution in [1.82, 2.24) is 4.72 Å². The van der Waals surface area contributed by atoms with E-state index in [-0.39, 0.29) is 5.75 Å². The summed E-state index contributed by atoms with van der Waals surface area (Å²) in [5.41, 5.74) is 7.27. The Bertz CT molecular complexity index is 498. The SMILES string of the molecule is CC(C)C(C)CNS(=O)(=O)Cc1ccccc1CN. The van der Waals surface area contributed by atoms with Gasteiger partial charge in [0.1, 0.15) is 0 Å². The lowest BCUT2D eigenvalue weighted by Crippen LogP contribution is -2.31. The van der Waals surface area contributed by atoms with Crippen molar-refractivity contribution in [2.24, 2.45) is 17.6 Å². The maximum absolute atomic E-state index is 12.0. The van der Waals surface area contributed by atoms with Gasteiger partial charge in [-0.3, -0.25) is 0 Å². The van der Waals surface area contributed by atoms with Crippen molar-refractivity contribution in [2.45, 2.75) is 33.1 Å². The van der Waals surface area contributed by atoms with Crippen LogP contribution in [-0.4, -0.2) is 15.0 Å². The molecule has 0 aliphatic carbocycles. The average Bonchev–Trinajstić information content (AvgIpc) is 2.36. The van der Waals surface area contributed by atoms with E-state index in [1.54, 1.807) is 0 Å². The number of rotatable bonds is 7. The largest absolute Gasteiger partial charge is 0.326 e. The van der Waals surface area contributed by atoms with Crippen molar-refractivity contribution in [3.63, 3.8) is 0 Å². The van der Waals surface area contributed by atoms with Crippen molar-refractivity contribution in [1.29, 1.82) is 0 Å².